The molecule has 1 aromatic rings. The number of benzene rings is 1. The van der Waals surface area contributed by atoms with E-state index in [0.717, 1.165) is 31.5 Å². The zero-order valence-electron chi connectivity index (χ0n) is 15.3. The van der Waals surface area contributed by atoms with E-state index in [9.17, 15) is 4.79 Å². The van der Waals surface area contributed by atoms with Gasteiger partial charge in [-0.25, -0.2) is 0 Å². The molecule has 0 radical (unpaired) electrons. The molecule has 0 aromatic heterocycles. The minimum Gasteiger partial charge on any atom is -0.373 e. The molecule has 2 fully saturated rings. The molecular formula is C17H27B3N2O2. The number of likely N-dealkylation sites (tertiary alicyclic amines) is 1. The Morgan fingerprint density at radius 2 is 1.92 bits per heavy atom. The quantitative estimate of drug-likeness (QED) is 0.714. The maximum atomic E-state index is 11.6. The maximum Gasteiger partial charge on any atom is 0.248 e. The second-order valence-electron chi connectivity index (χ2n) is 8.34. The number of nitrogens with zero attached hydrogens (tertiary/aromatic N) is 1. The van der Waals surface area contributed by atoms with E-state index in [1.807, 2.05) is 19.2 Å². The SMILES string of the molecule is BC(B)(B)N1CC2CCCC(C1)C2(OC)c1cccc(C(N)=O)c1. The largest absolute Gasteiger partial charge is 0.373 e. The minimum absolute atomic E-state index is 0.169. The topological polar surface area (TPSA) is 55.6 Å². The molecule has 3 rings (SSSR count). The van der Waals surface area contributed by atoms with Crippen LogP contribution in [0, 0.1) is 11.8 Å². The molecule has 2 aliphatic rings. The monoisotopic (exact) mass is 324 g/mol. The summed E-state index contributed by atoms with van der Waals surface area (Å²) in [6, 6.07) is 7.77. The van der Waals surface area contributed by atoms with Crippen LogP contribution in [-0.4, -0.2) is 59.8 Å². The summed E-state index contributed by atoms with van der Waals surface area (Å²) in [5.74, 6) is 0.509. The number of hydrogen-bond donors (Lipinski definition) is 1. The van der Waals surface area contributed by atoms with E-state index in [4.69, 9.17) is 10.5 Å². The molecule has 2 unspecified atom stereocenters. The van der Waals surface area contributed by atoms with Crippen LogP contribution >= 0.6 is 0 Å². The van der Waals surface area contributed by atoms with Crippen molar-refractivity contribution in [1.29, 1.82) is 0 Å². The number of carbonyl (C=O) groups is 1. The van der Waals surface area contributed by atoms with Crippen LogP contribution in [0.15, 0.2) is 24.3 Å². The van der Waals surface area contributed by atoms with Crippen molar-refractivity contribution in [2.24, 2.45) is 17.6 Å². The Labute approximate surface area is 147 Å². The number of piperidine rings is 1. The lowest BCUT2D eigenvalue weighted by Crippen LogP contribution is -2.65. The third-order valence-corrected chi connectivity index (χ3v) is 6.08. The van der Waals surface area contributed by atoms with Crippen LogP contribution in [0.2, 0.25) is 0 Å². The van der Waals surface area contributed by atoms with Gasteiger partial charge in [0.1, 0.15) is 29.1 Å². The fraction of sp³-hybridized carbons (Fsp3) is 0.588. The Hall–Kier alpha value is -1.20. The van der Waals surface area contributed by atoms with Crippen molar-refractivity contribution >= 4 is 29.4 Å². The summed E-state index contributed by atoms with van der Waals surface area (Å²) in [7, 11) is 8.69. The molecule has 1 aliphatic heterocycles. The first-order valence-electron chi connectivity index (χ1n) is 8.99. The van der Waals surface area contributed by atoms with Gasteiger partial charge in [0, 0.05) is 37.6 Å². The number of methoxy groups -OCH3 is 1. The molecule has 1 amide bonds. The van der Waals surface area contributed by atoms with E-state index in [2.05, 4.69) is 34.5 Å². The molecule has 2 atom stereocenters. The van der Waals surface area contributed by atoms with Gasteiger partial charge in [-0.1, -0.05) is 23.8 Å². The third-order valence-electron chi connectivity index (χ3n) is 6.08. The van der Waals surface area contributed by atoms with Gasteiger partial charge in [-0.15, -0.1) is 0 Å². The standard InChI is InChI=1S/C17H27B3N2O2/c1-24-16(12-5-2-4-11(8-12)15(21)23)13-6-3-7-14(16)10-22(9-13)17(18,19)20/h2,4-5,8,13-14H,3,6-7,9-10,18-20H2,1H3,(H2,21,23). The highest BCUT2D eigenvalue weighted by atomic mass is 16.5. The molecular weight excluding hydrogens is 297 g/mol. The summed E-state index contributed by atoms with van der Waals surface area (Å²) in [5, 5.41) is 0.169. The number of amides is 1. The number of fused-ring (bicyclic) bond motifs is 2. The molecule has 24 heavy (non-hydrogen) atoms. The van der Waals surface area contributed by atoms with Gasteiger partial charge in [-0.05, 0) is 30.5 Å². The van der Waals surface area contributed by atoms with Crippen LogP contribution in [0.4, 0.5) is 0 Å². The second-order valence-corrected chi connectivity index (χ2v) is 8.34. The summed E-state index contributed by atoms with van der Waals surface area (Å²) < 4.78 is 6.25. The van der Waals surface area contributed by atoms with E-state index >= 15 is 0 Å². The molecule has 0 spiro atoms. The molecule has 7 heteroatoms. The van der Waals surface area contributed by atoms with Crippen LogP contribution in [-0.2, 0) is 10.3 Å². The fourth-order valence-electron chi connectivity index (χ4n) is 4.82. The van der Waals surface area contributed by atoms with Crippen molar-refractivity contribution in [1.82, 2.24) is 4.90 Å². The normalized spacial score (nSPS) is 30.9. The predicted octanol–water partition coefficient (Wildman–Crippen LogP) is -1.13. The Morgan fingerprint density at radius 3 is 2.42 bits per heavy atom. The number of carbonyl (C=O) groups excluding carboxylic acids is 1. The van der Waals surface area contributed by atoms with Gasteiger partial charge < -0.3 is 15.4 Å². The minimum atomic E-state index is -0.375. The summed E-state index contributed by atoms with van der Waals surface area (Å²) in [5.41, 5.74) is 6.89. The zero-order chi connectivity index (χ0) is 17.5. The predicted molar refractivity (Wildman–Crippen MR) is 104 cm³/mol. The van der Waals surface area contributed by atoms with E-state index < -0.39 is 0 Å². The average molecular weight is 324 g/mol. The summed E-state index contributed by atoms with van der Waals surface area (Å²) in [4.78, 5) is 14.2. The van der Waals surface area contributed by atoms with Gasteiger partial charge in [-0.3, -0.25) is 4.79 Å². The third kappa shape index (κ3) is 2.82. The maximum absolute atomic E-state index is 11.6. The Balaban J connectivity index is 2.03. The molecule has 1 heterocycles. The molecule has 2 bridgehead atoms. The number of hydrogen-bond acceptors (Lipinski definition) is 3. The van der Waals surface area contributed by atoms with Crippen molar-refractivity contribution in [3.05, 3.63) is 35.4 Å². The Bertz CT molecular complexity index is 619. The van der Waals surface area contributed by atoms with Crippen LogP contribution < -0.4 is 5.73 Å². The second kappa shape index (κ2) is 6.27. The van der Waals surface area contributed by atoms with Gasteiger partial charge >= 0.3 is 0 Å². The molecule has 126 valence electrons. The summed E-state index contributed by atoms with van der Waals surface area (Å²) >= 11 is 0. The van der Waals surface area contributed by atoms with Gasteiger partial charge in [0.2, 0.25) is 5.91 Å². The first-order chi connectivity index (χ1) is 11.3. The number of rotatable bonds is 4. The molecule has 1 aliphatic carbocycles. The van der Waals surface area contributed by atoms with E-state index in [1.54, 1.807) is 6.07 Å². The van der Waals surface area contributed by atoms with Crippen molar-refractivity contribution in [2.75, 3.05) is 20.2 Å². The fourth-order valence-corrected chi connectivity index (χ4v) is 4.82. The number of ether oxygens (including phenoxy) is 1. The lowest BCUT2D eigenvalue weighted by atomic mass is 9.47. The van der Waals surface area contributed by atoms with Crippen molar-refractivity contribution < 1.29 is 9.53 Å². The lowest BCUT2D eigenvalue weighted by molar-refractivity contribution is -0.169. The number of nitrogens with two attached hydrogens (primary N) is 1. The zero-order valence-corrected chi connectivity index (χ0v) is 15.3. The van der Waals surface area contributed by atoms with Gasteiger partial charge in [0.25, 0.3) is 0 Å². The van der Waals surface area contributed by atoms with Crippen LogP contribution in [0.1, 0.15) is 35.2 Å². The molecule has 2 N–H and O–H groups in total. The molecule has 1 aromatic carbocycles. The first kappa shape index (κ1) is 17.6. The van der Waals surface area contributed by atoms with E-state index in [-0.39, 0.29) is 16.7 Å². The van der Waals surface area contributed by atoms with E-state index in [0.29, 0.717) is 17.4 Å². The van der Waals surface area contributed by atoms with E-state index in [1.165, 1.54) is 6.42 Å². The van der Waals surface area contributed by atoms with Crippen molar-refractivity contribution in [3.8, 4) is 0 Å². The van der Waals surface area contributed by atoms with Crippen molar-refractivity contribution in [2.45, 2.75) is 30.1 Å². The Kier molecular flexibility index (Phi) is 4.60. The smallest absolute Gasteiger partial charge is 0.248 e. The van der Waals surface area contributed by atoms with Gasteiger partial charge in [-0.2, -0.15) is 0 Å². The van der Waals surface area contributed by atoms with Crippen LogP contribution in [0.3, 0.4) is 0 Å². The van der Waals surface area contributed by atoms with Gasteiger partial charge in [0.15, 0.2) is 0 Å². The summed E-state index contributed by atoms with van der Waals surface area (Å²) in [6.07, 6.45) is 3.59. The van der Waals surface area contributed by atoms with Gasteiger partial charge in [0.05, 0.1) is 0 Å². The average Bonchev–Trinajstić information content (AvgIpc) is 2.52. The Morgan fingerprint density at radius 1 is 1.29 bits per heavy atom. The van der Waals surface area contributed by atoms with Crippen LogP contribution in [0.5, 0.6) is 0 Å². The first-order valence-corrected chi connectivity index (χ1v) is 8.99. The summed E-state index contributed by atoms with van der Waals surface area (Å²) in [6.45, 7) is 2.07. The molecule has 1 saturated heterocycles. The highest BCUT2D eigenvalue weighted by Crippen LogP contribution is 2.52. The highest BCUT2D eigenvalue weighted by Gasteiger charge is 2.54. The van der Waals surface area contributed by atoms with Crippen LogP contribution in [0.25, 0.3) is 0 Å². The lowest BCUT2D eigenvalue weighted by Gasteiger charge is -2.58. The molecule has 1 saturated carbocycles. The number of primary amides is 1. The highest BCUT2D eigenvalue weighted by molar-refractivity contribution is 6.59. The molecule has 4 nitrogen and oxygen atoms in total. The van der Waals surface area contributed by atoms with Crippen molar-refractivity contribution in [3.63, 3.8) is 0 Å².